The minimum Gasteiger partial charge on any atom is -0.497 e. The molecule has 2 N–H and O–H groups in total. The smallest absolute Gasteiger partial charge is 0.344 e. The van der Waals surface area contributed by atoms with Crippen LogP contribution in [-0.4, -0.2) is 46.8 Å². The lowest BCUT2D eigenvalue weighted by Crippen LogP contribution is -2.28. The SMILES string of the molecule is COC(=O)c1cc(S(=O)(=O)c2ccc(OC)cc2)c(N)c(OCC(=O)OC(C)(C)C)c1Cc1ccccc1. The number of anilines is 1. The Balaban J connectivity index is 2.22. The maximum absolute atomic E-state index is 13.6. The van der Waals surface area contributed by atoms with Gasteiger partial charge >= 0.3 is 11.9 Å². The molecule has 0 amide bonds. The van der Waals surface area contributed by atoms with E-state index in [4.69, 9.17) is 24.7 Å². The number of methoxy groups -OCH3 is 2. The highest BCUT2D eigenvalue weighted by Crippen LogP contribution is 2.40. The Hall–Kier alpha value is -4.05. The minimum atomic E-state index is -4.22. The summed E-state index contributed by atoms with van der Waals surface area (Å²) in [6.07, 6.45) is 0.155. The minimum absolute atomic E-state index is 0.0585. The van der Waals surface area contributed by atoms with E-state index in [9.17, 15) is 18.0 Å². The van der Waals surface area contributed by atoms with E-state index < -0.39 is 34.0 Å². The molecule has 0 spiro atoms. The molecule has 38 heavy (non-hydrogen) atoms. The van der Waals surface area contributed by atoms with Crippen LogP contribution in [0.15, 0.2) is 70.5 Å². The molecule has 9 nitrogen and oxygen atoms in total. The Morgan fingerprint density at radius 1 is 0.947 bits per heavy atom. The van der Waals surface area contributed by atoms with E-state index in [0.29, 0.717) is 5.75 Å². The molecule has 0 radical (unpaired) electrons. The molecule has 0 aliphatic rings. The van der Waals surface area contributed by atoms with Crippen molar-refractivity contribution in [2.75, 3.05) is 26.6 Å². The lowest BCUT2D eigenvalue weighted by Gasteiger charge is -2.22. The zero-order valence-corrected chi connectivity index (χ0v) is 22.8. The van der Waals surface area contributed by atoms with Gasteiger partial charge < -0.3 is 24.7 Å². The molecule has 3 aromatic carbocycles. The van der Waals surface area contributed by atoms with Crippen LogP contribution in [-0.2, 0) is 30.5 Å². The fraction of sp³-hybridized carbons (Fsp3) is 0.286. The van der Waals surface area contributed by atoms with Gasteiger partial charge in [-0.3, -0.25) is 0 Å². The van der Waals surface area contributed by atoms with Crippen molar-refractivity contribution in [2.24, 2.45) is 0 Å². The van der Waals surface area contributed by atoms with E-state index >= 15 is 0 Å². The zero-order chi connectivity index (χ0) is 28.1. The van der Waals surface area contributed by atoms with Gasteiger partial charge in [-0.15, -0.1) is 0 Å². The second-order valence-electron chi connectivity index (χ2n) is 9.35. The number of esters is 2. The summed E-state index contributed by atoms with van der Waals surface area (Å²) in [6.45, 7) is 4.56. The summed E-state index contributed by atoms with van der Waals surface area (Å²) in [7, 11) is -1.58. The molecule has 0 bridgehead atoms. The monoisotopic (exact) mass is 541 g/mol. The Labute approximate surface area is 222 Å². The third-order valence-electron chi connectivity index (χ3n) is 5.43. The van der Waals surface area contributed by atoms with Crippen LogP contribution in [0.25, 0.3) is 0 Å². The largest absolute Gasteiger partial charge is 0.497 e. The Kier molecular flexibility index (Phi) is 8.67. The average molecular weight is 542 g/mol. The van der Waals surface area contributed by atoms with Gasteiger partial charge in [-0.2, -0.15) is 0 Å². The topological polar surface area (TPSA) is 131 Å². The number of sulfone groups is 1. The van der Waals surface area contributed by atoms with Crippen molar-refractivity contribution in [1.29, 1.82) is 0 Å². The van der Waals surface area contributed by atoms with Gasteiger partial charge in [0.1, 0.15) is 17.1 Å². The van der Waals surface area contributed by atoms with Crippen LogP contribution in [0, 0.1) is 0 Å². The zero-order valence-electron chi connectivity index (χ0n) is 21.9. The summed E-state index contributed by atoms with van der Waals surface area (Å²) in [5.41, 5.74) is 6.41. The van der Waals surface area contributed by atoms with Crippen molar-refractivity contribution >= 4 is 27.5 Å². The van der Waals surface area contributed by atoms with Crippen molar-refractivity contribution in [3.8, 4) is 11.5 Å². The van der Waals surface area contributed by atoms with Gasteiger partial charge in [0.15, 0.2) is 6.61 Å². The number of benzene rings is 3. The van der Waals surface area contributed by atoms with Crippen LogP contribution in [0.2, 0.25) is 0 Å². The van der Waals surface area contributed by atoms with Gasteiger partial charge in [0.05, 0.1) is 35.3 Å². The lowest BCUT2D eigenvalue weighted by atomic mass is 9.97. The van der Waals surface area contributed by atoms with Crippen molar-refractivity contribution in [2.45, 2.75) is 42.6 Å². The number of rotatable bonds is 9. The molecule has 3 rings (SSSR count). The number of hydrogen-bond donors (Lipinski definition) is 1. The summed E-state index contributed by atoms with van der Waals surface area (Å²) in [5.74, 6) is -1.13. The first-order chi connectivity index (χ1) is 17.9. The average Bonchev–Trinajstić information content (AvgIpc) is 2.87. The summed E-state index contributed by atoms with van der Waals surface area (Å²) in [5, 5.41) is 0. The number of carbonyl (C=O) groups is 2. The van der Waals surface area contributed by atoms with Crippen molar-refractivity contribution in [1.82, 2.24) is 0 Å². The molecule has 10 heteroatoms. The molecular formula is C28H31NO8S. The predicted molar refractivity (Wildman–Crippen MR) is 141 cm³/mol. The summed E-state index contributed by atoms with van der Waals surface area (Å²) in [6, 6.07) is 16.0. The van der Waals surface area contributed by atoms with E-state index in [1.54, 1.807) is 20.8 Å². The van der Waals surface area contributed by atoms with Crippen molar-refractivity contribution in [3.05, 3.63) is 77.4 Å². The molecule has 0 aliphatic carbocycles. The van der Waals surface area contributed by atoms with Crippen LogP contribution in [0.5, 0.6) is 11.5 Å². The van der Waals surface area contributed by atoms with E-state index in [1.165, 1.54) is 44.6 Å². The second kappa shape index (κ2) is 11.6. The predicted octanol–water partition coefficient (Wildman–Crippen LogP) is 4.21. The fourth-order valence-electron chi connectivity index (χ4n) is 3.73. The molecule has 0 saturated heterocycles. The van der Waals surface area contributed by atoms with Gasteiger partial charge in [0.2, 0.25) is 9.84 Å². The Morgan fingerprint density at radius 2 is 1.58 bits per heavy atom. The number of ether oxygens (including phenoxy) is 4. The first-order valence-corrected chi connectivity index (χ1v) is 13.2. The highest BCUT2D eigenvalue weighted by atomic mass is 32.2. The molecule has 0 unspecified atom stereocenters. The first-order valence-electron chi connectivity index (χ1n) is 11.7. The summed E-state index contributed by atoms with van der Waals surface area (Å²) < 4.78 is 48.5. The number of hydrogen-bond acceptors (Lipinski definition) is 9. The molecule has 202 valence electrons. The maximum atomic E-state index is 13.6. The standard InChI is InChI=1S/C28H31NO8S/c1-28(2,3)37-24(30)17-36-26-21(15-18-9-7-6-8-10-18)22(27(31)35-5)16-23(25(26)29)38(32,33)20-13-11-19(34-4)12-14-20/h6-14,16H,15,17,29H2,1-5H3. The number of carbonyl (C=O) groups excluding carboxylic acids is 2. The molecule has 0 atom stereocenters. The highest BCUT2D eigenvalue weighted by Gasteiger charge is 2.30. The number of nitrogen functional groups attached to an aromatic ring is 1. The third-order valence-corrected chi connectivity index (χ3v) is 7.24. The van der Waals surface area contributed by atoms with Crippen molar-refractivity contribution in [3.63, 3.8) is 0 Å². The van der Waals surface area contributed by atoms with E-state index in [-0.39, 0.29) is 38.8 Å². The number of nitrogens with two attached hydrogens (primary N) is 1. The van der Waals surface area contributed by atoms with Crippen molar-refractivity contribution < 1.29 is 37.0 Å². The Morgan fingerprint density at radius 3 is 2.13 bits per heavy atom. The Bertz CT molecular complexity index is 1410. The molecule has 0 fully saturated rings. The van der Waals surface area contributed by atoms with Gasteiger partial charge in [0.25, 0.3) is 0 Å². The van der Waals surface area contributed by atoms with E-state index in [1.807, 2.05) is 30.3 Å². The quantitative estimate of drug-likeness (QED) is 0.313. The molecule has 0 saturated carbocycles. The summed E-state index contributed by atoms with van der Waals surface area (Å²) in [4.78, 5) is 24.9. The van der Waals surface area contributed by atoms with Crippen LogP contribution >= 0.6 is 0 Å². The van der Waals surface area contributed by atoms with E-state index in [0.717, 1.165) is 5.56 Å². The normalized spacial score (nSPS) is 11.5. The van der Waals surface area contributed by atoms with Gasteiger partial charge in [0, 0.05) is 12.0 Å². The molecule has 0 aliphatic heterocycles. The van der Waals surface area contributed by atoms with Crippen LogP contribution in [0.1, 0.15) is 42.3 Å². The third kappa shape index (κ3) is 6.63. The fourth-order valence-corrected chi connectivity index (χ4v) is 5.13. The van der Waals surface area contributed by atoms with Gasteiger partial charge in [-0.05, 0) is 56.7 Å². The molecule has 0 heterocycles. The second-order valence-corrected chi connectivity index (χ2v) is 11.3. The molecule has 0 aromatic heterocycles. The van der Waals surface area contributed by atoms with Crippen LogP contribution in [0.4, 0.5) is 5.69 Å². The van der Waals surface area contributed by atoms with Crippen LogP contribution < -0.4 is 15.2 Å². The summed E-state index contributed by atoms with van der Waals surface area (Å²) >= 11 is 0. The van der Waals surface area contributed by atoms with Gasteiger partial charge in [-0.1, -0.05) is 30.3 Å². The van der Waals surface area contributed by atoms with Gasteiger partial charge in [-0.25, -0.2) is 18.0 Å². The lowest BCUT2D eigenvalue weighted by molar-refractivity contribution is -0.157. The molecular weight excluding hydrogens is 510 g/mol. The van der Waals surface area contributed by atoms with Crippen LogP contribution in [0.3, 0.4) is 0 Å². The maximum Gasteiger partial charge on any atom is 0.344 e. The first kappa shape index (κ1) is 28.5. The van der Waals surface area contributed by atoms with E-state index in [2.05, 4.69) is 0 Å². The highest BCUT2D eigenvalue weighted by molar-refractivity contribution is 7.91. The molecule has 3 aromatic rings.